The van der Waals surface area contributed by atoms with E-state index in [-0.39, 0.29) is 18.4 Å². The largest absolute Gasteiger partial charge is 0.493 e. The summed E-state index contributed by atoms with van der Waals surface area (Å²) in [5.41, 5.74) is 0.382. The van der Waals surface area contributed by atoms with Gasteiger partial charge in [-0.1, -0.05) is 17.7 Å². The number of methoxy groups -OCH3 is 2. The Hall–Kier alpha value is -2.93. The molecule has 2 amide bonds. The first kappa shape index (κ1) is 22.4. The monoisotopic (exact) mass is 420 g/mol. The molecule has 0 aromatic heterocycles. The van der Waals surface area contributed by atoms with E-state index in [2.05, 4.69) is 5.32 Å². The number of carbonyl (C=O) groups is 2. The van der Waals surface area contributed by atoms with Crippen LogP contribution in [0.4, 0.5) is 0 Å². The van der Waals surface area contributed by atoms with E-state index in [0.717, 1.165) is 0 Å². The van der Waals surface area contributed by atoms with Gasteiger partial charge in [0, 0.05) is 24.2 Å². The fraction of sp³-hybridized carbons (Fsp3) is 0.333. The second kappa shape index (κ2) is 11.2. The van der Waals surface area contributed by atoms with Gasteiger partial charge in [-0.05, 0) is 42.8 Å². The summed E-state index contributed by atoms with van der Waals surface area (Å²) >= 11 is 5.91. The first-order valence-corrected chi connectivity index (χ1v) is 9.45. The summed E-state index contributed by atoms with van der Waals surface area (Å²) in [6, 6.07) is 12.0. The van der Waals surface area contributed by atoms with Gasteiger partial charge in [0.05, 0.1) is 27.4 Å². The van der Waals surface area contributed by atoms with E-state index in [1.165, 1.54) is 14.2 Å². The Labute approximate surface area is 175 Å². The van der Waals surface area contributed by atoms with Crippen molar-refractivity contribution in [2.45, 2.75) is 6.42 Å². The minimum atomic E-state index is -0.364. The van der Waals surface area contributed by atoms with Crippen LogP contribution in [0.25, 0.3) is 0 Å². The summed E-state index contributed by atoms with van der Waals surface area (Å²) in [7, 11) is 4.70. The summed E-state index contributed by atoms with van der Waals surface area (Å²) in [6.07, 6.45) is 0.651. The van der Waals surface area contributed by atoms with E-state index in [4.69, 9.17) is 25.8 Å². The highest BCUT2D eigenvalue weighted by atomic mass is 35.5. The van der Waals surface area contributed by atoms with Crippen LogP contribution in [0.2, 0.25) is 5.02 Å². The van der Waals surface area contributed by atoms with Gasteiger partial charge in [-0.15, -0.1) is 0 Å². The fourth-order valence-corrected chi connectivity index (χ4v) is 2.72. The molecule has 0 aliphatic carbocycles. The zero-order chi connectivity index (χ0) is 21.2. The number of benzene rings is 2. The number of hydrogen-bond acceptors (Lipinski definition) is 5. The van der Waals surface area contributed by atoms with Gasteiger partial charge < -0.3 is 24.4 Å². The van der Waals surface area contributed by atoms with Crippen molar-refractivity contribution in [2.24, 2.45) is 0 Å². The number of likely N-dealkylation sites (N-methyl/N-ethyl adjacent to an activating group) is 1. The van der Waals surface area contributed by atoms with Gasteiger partial charge in [-0.25, -0.2) is 0 Å². The lowest BCUT2D eigenvalue weighted by Crippen LogP contribution is -2.38. The predicted octanol–water partition coefficient (Wildman–Crippen LogP) is 3.01. The maximum atomic E-state index is 12.3. The molecule has 7 nitrogen and oxygen atoms in total. The third kappa shape index (κ3) is 6.87. The molecule has 0 bridgehead atoms. The van der Waals surface area contributed by atoms with Crippen molar-refractivity contribution >= 4 is 23.4 Å². The normalized spacial score (nSPS) is 10.2. The van der Waals surface area contributed by atoms with Crippen molar-refractivity contribution in [3.8, 4) is 17.2 Å². The van der Waals surface area contributed by atoms with Crippen molar-refractivity contribution < 1.29 is 23.8 Å². The van der Waals surface area contributed by atoms with Crippen molar-refractivity contribution in [1.29, 1.82) is 0 Å². The van der Waals surface area contributed by atoms with E-state index in [0.29, 0.717) is 47.4 Å². The molecule has 29 heavy (non-hydrogen) atoms. The summed E-state index contributed by atoms with van der Waals surface area (Å²) < 4.78 is 15.9. The highest BCUT2D eigenvalue weighted by Gasteiger charge is 2.14. The van der Waals surface area contributed by atoms with E-state index in [9.17, 15) is 9.59 Å². The molecule has 0 aliphatic rings. The molecule has 0 unspecified atom stereocenters. The minimum absolute atomic E-state index is 0.0984. The Morgan fingerprint density at radius 1 is 1.07 bits per heavy atom. The van der Waals surface area contributed by atoms with Gasteiger partial charge in [0.25, 0.3) is 5.91 Å². The number of amides is 2. The van der Waals surface area contributed by atoms with Crippen molar-refractivity contribution in [3.05, 3.63) is 53.1 Å². The maximum Gasteiger partial charge on any atom is 0.251 e. The number of nitrogens with zero attached hydrogens (tertiary/aromatic N) is 1. The van der Waals surface area contributed by atoms with E-state index in [1.807, 2.05) is 12.1 Å². The number of hydrogen-bond donors (Lipinski definition) is 1. The zero-order valence-corrected chi connectivity index (χ0v) is 17.5. The van der Waals surface area contributed by atoms with Crippen LogP contribution in [-0.2, 0) is 4.79 Å². The Morgan fingerprint density at radius 2 is 1.83 bits per heavy atom. The molecule has 2 rings (SSSR count). The number of halogens is 1. The second-order valence-corrected chi connectivity index (χ2v) is 6.66. The molecule has 2 aromatic rings. The highest BCUT2D eigenvalue weighted by Crippen LogP contribution is 2.27. The van der Waals surface area contributed by atoms with E-state index in [1.54, 1.807) is 42.3 Å². The molecule has 0 saturated heterocycles. The van der Waals surface area contributed by atoms with Crippen LogP contribution in [0.1, 0.15) is 16.8 Å². The highest BCUT2D eigenvalue weighted by molar-refractivity contribution is 6.30. The van der Waals surface area contributed by atoms with Gasteiger partial charge in [-0.2, -0.15) is 0 Å². The Kier molecular flexibility index (Phi) is 8.61. The Balaban J connectivity index is 1.74. The van der Waals surface area contributed by atoms with Crippen molar-refractivity contribution in [2.75, 3.05) is 41.0 Å². The number of nitrogens with one attached hydrogen (secondary N) is 1. The topological polar surface area (TPSA) is 77.1 Å². The van der Waals surface area contributed by atoms with Crippen LogP contribution in [0.5, 0.6) is 17.2 Å². The SMILES string of the molecule is COc1ccc(C(=O)NCC(=O)N(C)CCCOc2cccc(Cl)c2)cc1OC. The smallest absolute Gasteiger partial charge is 0.251 e. The summed E-state index contributed by atoms with van der Waals surface area (Å²) in [5.74, 6) is 1.11. The summed E-state index contributed by atoms with van der Waals surface area (Å²) in [4.78, 5) is 26.0. The molecular formula is C21H25ClN2O5. The van der Waals surface area contributed by atoms with Gasteiger partial charge in [0.15, 0.2) is 11.5 Å². The number of ether oxygens (including phenoxy) is 3. The summed E-state index contributed by atoms with van der Waals surface area (Å²) in [5, 5.41) is 3.23. The first-order valence-electron chi connectivity index (χ1n) is 9.07. The Morgan fingerprint density at radius 3 is 2.52 bits per heavy atom. The van der Waals surface area contributed by atoms with Crippen LogP contribution in [0.3, 0.4) is 0 Å². The Bertz CT molecular complexity index is 844. The molecule has 156 valence electrons. The lowest BCUT2D eigenvalue weighted by atomic mass is 10.2. The van der Waals surface area contributed by atoms with E-state index < -0.39 is 0 Å². The molecule has 0 saturated carbocycles. The molecule has 0 atom stereocenters. The van der Waals surface area contributed by atoms with Crippen LogP contribution < -0.4 is 19.5 Å². The van der Waals surface area contributed by atoms with Gasteiger partial charge in [0.1, 0.15) is 5.75 Å². The van der Waals surface area contributed by atoms with Crippen LogP contribution in [0, 0.1) is 0 Å². The predicted molar refractivity (Wildman–Crippen MR) is 111 cm³/mol. The molecule has 0 aliphatic heterocycles. The molecule has 2 aromatic carbocycles. The third-order valence-electron chi connectivity index (χ3n) is 4.17. The maximum absolute atomic E-state index is 12.3. The zero-order valence-electron chi connectivity index (χ0n) is 16.7. The van der Waals surface area contributed by atoms with Crippen LogP contribution in [-0.4, -0.2) is 57.7 Å². The lowest BCUT2D eigenvalue weighted by Gasteiger charge is -2.18. The minimum Gasteiger partial charge on any atom is -0.493 e. The molecule has 0 heterocycles. The molecule has 1 N–H and O–H groups in total. The standard InChI is InChI=1S/C21H25ClN2O5/c1-24(10-5-11-29-17-7-4-6-16(22)13-17)20(25)14-23-21(26)15-8-9-18(27-2)19(12-15)28-3/h4,6-9,12-13H,5,10-11,14H2,1-3H3,(H,23,26). The van der Waals surface area contributed by atoms with E-state index >= 15 is 0 Å². The number of rotatable bonds is 10. The third-order valence-corrected chi connectivity index (χ3v) is 4.41. The molecule has 8 heteroatoms. The molecule has 0 spiro atoms. The quantitative estimate of drug-likeness (QED) is 0.598. The van der Waals surface area contributed by atoms with Crippen LogP contribution >= 0.6 is 11.6 Å². The van der Waals surface area contributed by atoms with Crippen molar-refractivity contribution in [3.63, 3.8) is 0 Å². The lowest BCUT2D eigenvalue weighted by molar-refractivity contribution is -0.128. The molecule has 0 radical (unpaired) electrons. The van der Waals surface area contributed by atoms with Gasteiger partial charge >= 0.3 is 0 Å². The first-order chi connectivity index (χ1) is 13.9. The van der Waals surface area contributed by atoms with Gasteiger partial charge in [-0.3, -0.25) is 9.59 Å². The average molecular weight is 421 g/mol. The fourth-order valence-electron chi connectivity index (χ4n) is 2.54. The van der Waals surface area contributed by atoms with Gasteiger partial charge in [0.2, 0.25) is 5.91 Å². The average Bonchev–Trinajstić information content (AvgIpc) is 2.74. The summed E-state index contributed by atoms with van der Waals surface area (Å²) in [6.45, 7) is 0.862. The molecular weight excluding hydrogens is 396 g/mol. The van der Waals surface area contributed by atoms with Crippen molar-refractivity contribution in [1.82, 2.24) is 10.2 Å². The second-order valence-electron chi connectivity index (χ2n) is 6.23. The number of carbonyl (C=O) groups excluding carboxylic acids is 2. The molecule has 0 fully saturated rings. The van der Waals surface area contributed by atoms with Crippen LogP contribution in [0.15, 0.2) is 42.5 Å².